The first-order chi connectivity index (χ1) is 15.3. The van der Waals surface area contributed by atoms with Crippen LogP contribution >= 0.6 is 11.3 Å². The van der Waals surface area contributed by atoms with Crippen molar-refractivity contribution in [3.8, 4) is 0 Å². The molecular weight excluding hydrogens is 446 g/mol. The molecule has 1 aliphatic heterocycles. The molecule has 10 heteroatoms. The maximum Gasteiger partial charge on any atom is 0.265 e. The zero-order chi connectivity index (χ0) is 23.0. The summed E-state index contributed by atoms with van der Waals surface area (Å²) in [6.07, 6.45) is 2.16. The fraction of sp³-hybridized carbons (Fsp3) is 0.455. The Labute approximate surface area is 192 Å². The lowest BCUT2D eigenvalue weighted by Crippen LogP contribution is -2.31. The number of hydrogen-bond acceptors (Lipinski definition) is 6. The van der Waals surface area contributed by atoms with Crippen LogP contribution in [0.5, 0.6) is 0 Å². The quantitative estimate of drug-likeness (QED) is 0.561. The number of rotatable bonds is 7. The van der Waals surface area contributed by atoms with E-state index in [4.69, 9.17) is 0 Å². The number of amides is 1. The van der Waals surface area contributed by atoms with E-state index in [0.717, 1.165) is 47.5 Å². The molecule has 0 saturated carbocycles. The van der Waals surface area contributed by atoms with Crippen molar-refractivity contribution in [2.24, 2.45) is 7.05 Å². The maximum atomic E-state index is 13.2. The number of carbonyl (C=O) groups excluding carboxylic acids is 1. The van der Waals surface area contributed by atoms with Gasteiger partial charge in [-0.3, -0.25) is 9.48 Å². The number of benzene rings is 1. The van der Waals surface area contributed by atoms with Crippen LogP contribution in [-0.4, -0.2) is 54.6 Å². The summed E-state index contributed by atoms with van der Waals surface area (Å²) >= 11 is 1.38. The van der Waals surface area contributed by atoms with Crippen LogP contribution in [0.25, 0.3) is 10.2 Å². The number of anilines is 2. The molecular formula is C22H29N5O3S2. The highest BCUT2D eigenvalue weighted by molar-refractivity contribution is 7.89. The number of fused-ring (bicyclic) bond motifs is 1. The predicted molar refractivity (Wildman–Crippen MR) is 129 cm³/mol. The minimum absolute atomic E-state index is 0.191. The molecule has 1 fully saturated rings. The van der Waals surface area contributed by atoms with Gasteiger partial charge in [-0.25, -0.2) is 8.42 Å². The Bertz CT molecular complexity index is 1220. The smallest absolute Gasteiger partial charge is 0.265 e. The van der Waals surface area contributed by atoms with Crippen molar-refractivity contribution in [2.75, 3.05) is 36.4 Å². The monoisotopic (exact) mass is 475 g/mol. The number of carbonyl (C=O) groups is 1. The van der Waals surface area contributed by atoms with Gasteiger partial charge in [-0.1, -0.05) is 13.8 Å². The predicted octanol–water partition coefficient (Wildman–Crippen LogP) is 3.83. The third-order valence-corrected chi connectivity index (χ3v) is 9.17. The number of aromatic nitrogens is 2. The maximum absolute atomic E-state index is 13.2. The molecule has 3 aromatic rings. The molecule has 0 unspecified atom stereocenters. The van der Waals surface area contributed by atoms with E-state index in [1.165, 1.54) is 15.6 Å². The SMILES string of the molecule is CCN(CC)S(=O)(=O)c1ccc(N2CCCC2)c(NC(=O)c2cc3c(C)nn(C)c3s2)c1. The standard InChI is InChI=1S/C22H29N5O3S2/c1-5-27(6-2)32(29,30)16-9-10-19(26-11-7-8-12-26)18(13-16)23-21(28)20-14-17-15(3)24-25(4)22(17)31-20/h9-10,13-14H,5-8,11-12H2,1-4H3,(H,23,28). The molecule has 1 amide bonds. The van der Waals surface area contributed by atoms with Gasteiger partial charge in [0.1, 0.15) is 4.83 Å². The van der Waals surface area contributed by atoms with Crippen LogP contribution in [0.3, 0.4) is 0 Å². The molecule has 3 heterocycles. The largest absolute Gasteiger partial charge is 0.370 e. The van der Waals surface area contributed by atoms with Gasteiger partial charge in [0.05, 0.1) is 26.8 Å². The summed E-state index contributed by atoms with van der Waals surface area (Å²) in [4.78, 5) is 17.1. The van der Waals surface area contributed by atoms with E-state index in [0.29, 0.717) is 23.7 Å². The van der Waals surface area contributed by atoms with Gasteiger partial charge in [0.15, 0.2) is 0 Å². The zero-order valence-electron chi connectivity index (χ0n) is 18.9. The van der Waals surface area contributed by atoms with E-state index in [1.807, 2.05) is 40.0 Å². The topological polar surface area (TPSA) is 87.5 Å². The fourth-order valence-electron chi connectivity index (χ4n) is 4.22. The van der Waals surface area contributed by atoms with Crippen LogP contribution in [0.4, 0.5) is 11.4 Å². The molecule has 1 aromatic carbocycles. The Morgan fingerprint density at radius 2 is 1.88 bits per heavy atom. The Kier molecular flexibility index (Phi) is 6.28. The summed E-state index contributed by atoms with van der Waals surface area (Å²) in [6, 6.07) is 6.91. The number of nitrogens with one attached hydrogen (secondary N) is 1. The highest BCUT2D eigenvalue weighted by Crippen LogP contribution is 2.34. The van der Waals surface area contributed by atoms with E-state index in [2.05, 4.69) is 15.3 Å². The molecule has 0 radical (unpaired) electrons. The Morgan fingerprint density at radius 3 is 2.50 bits per heavy atom. The van der Waals surface area contributed by atoms with Gasteiger partial charge in [-0.2, -0.15) is 9.40 Å². The third kappa shape index (κ3) is 4.02. The van der Waals surface area contributed by atoms with E-state index in [-0.39, 0.29) is 10.8 Å². The van der Waals surface area contributed by atoms with Gasteiger partial charge in [-0.05, 0) is 44.0 Å². The summed E-state index contributed by atoms with van der Waals surface area (Å²) in [7, 11) is -1.77. The Morgan fingerprint density at radius 1 is 1.19 bits per heavy atom. The van der Waals surface area contributed by atoms with Gasteiger partial charge in [0.2, 0.25) is 10.0 Å². The highest BCUT2D eigenvalue weighted by Gasteiger charge is 2.25. The van der Waals surface area contributed by atoms with Crippen molar-refractivity contribution in [1.82, 2.24) is 14.1 Å². The highest BCUT2D eigenvalue weighted by atomic mass is 32.2. The lowest BCUT2D eigenvalue weighted by molar-refractivity contribution is 0.103. The average molecular weight is 476 g/mol. The fourth-order valence-corrected chi connectivity index (χ4v) is 6.73. The van der Waals surface area contributed by atoms with Crippen LogP contribution in [0.2, 0.25) is 0 Å². The molecule has 1 N–H and O–H groups in total. The van der Waals surface area contributed by atoms with Crippen LogP contribution in [0.1, 0.15) is 42.1 Å². The molecule has 1 aliphatic rings. The molecule has 0 bridgehead atoms. The third-order valence-electron chi connectivity index (χ3n) is 5.93. The average Bonchev–Trinajstić information content (AvgIpc) is 3.49. The number of nitrogens with zero attached hydrogens (tertiary/aromatic N) is 4. The van der Waals surface area contributed by atoms with Crippen molar-refractivity contribution in [3.05, 3.63) is 34.8 Å². The van der Waals surface area contributed by atoms with Crippen LogP contribution in [0, 0.1) is 6.92 Å². The summed E-state index contributed by atoms with van der Waals surface area (Å²) < 4.78 is 29.4. The normalized spacial score (nSPS) is 14.6. The van der Waals surface area contributed by atoms with Gasteiger partial charge in [0.25, 0.3) is 5.91 Å². The number of sulfonamides is 1. The molecule has 0 spiro atoms. The van der Waals surface area contributed by atoms with E-state index < -0.39 is 10.0 Å². The number of aryl methyl sites for hydroxylation is 2. The van der Waals surface area contributed by atoms with Crippen LogP contribution in [0.15, 0.2) is 29.2 Å². The molecule has 2 aromatic heterocycles. The lowest BCUT2D eigenvalue weighted by atomic mass is 10.2. The molecule has 8 nitrogen and oxygen atoms in total. The first kappa shape index (κ1) is 22.8. The van der Waals surface area contributed by atoms with Gasteiger partial charge >= 0.3 is 0 Å². The second-order valence-electron chi connectivity index (χ2n) is 7.96. The zero-order valence-corrected chi connectivity index (χ0v) is 20.5. The van der Waals surface area contributed by atoms with Crippen LogP contribution < -0.4 is 10.2 Å². The second-order valence-corrected chi connectivity index (χ2v) is 10.9. The molecule has 0 aliphatic carbocycles. The van der Waals surface area contributed by atoms with Gasteiger partial charge in [0, 0.05) is 38.6 Å². The molecule has 32 heavy (non-hydrogen) atoms. The summed E-state index contributed by atoms with van der Waals surface area (Å²) in [5.74, 6) is -0.247. The molecule has 172 valence electrons. The van der Waals surface area contributed by atoms with Gasteiger partial charge < -0.3 is 10.2 Å². The number of hydrogen-bond donors (Lipinski definition) is 1. The van der Waals surface area contributed by atoms with E-state index in [1.54, 1.807) is 16.8 Å². The van der Waals surface area contributed by atoms with Crippen LogP contribution in [-0.2, 0) is 17.1 Å². The molecule has 0 atom stereocenters. The molecule has 4 rings (SSSR count). The summed E-state index contributed by atoms with van der Waals surface area (Å²) in [5.41, 5.74) is 2.26. The number of thiophene rings is 1. The summed E-state index contributed by atoms with van der Waals surface area (Å²) in [6.45, 7) is 8.12. The Hall–Kier alpha value is -2.43. The first-order valence-electron chi connectivity index (χ1n) is 10.9. The molecule has 1 saturated heterocycles. The van der Waals surface area contributed by atoms with E-state index in [9.17, 15) is 13.2 Å². The minimum atomic E-state index is -3.63. The van der Waals surface area contributed by atoms with Crippen molar-refractivity contribution in [2.45, 2.75) is 38.5 Å². The minimum Gasteiger partial charge on any atom is -0.370 e. The van der Waals surface area contributed by atoms with Crippen molar-refractivity contribution in [3.63, 3.8) is 0 Å². The van der Waals surface area contributed by atoms with Crippen molar-refractivity contribution >= 4 is 48.9 Å². The second kappa shape index (κ2) is 8.84. The van der Waals surface area contributed by atoms with Gasteiger partial charge in [-0.15, -0.1) is 11.3 Å². The van der Waals surface area contributed by atoms with E-state index >= 15 is 0 Å². The first-order valence-corrected chi connectivity index (χ1v) is 13.2. The Balaban J connectivity index is 1.72. The lowest BCUT2D eigenvalue weighted by Gasteiger charge is -2.24. The van der Waals surface area contributed by atoms with Crippen molar-refractivity contribution in [1.29, 1.82) is 0 Å². The van der Waals surface area contributed by atoms with Crippen molar-refractivity contribution < 1.29 is 13.2 Å². The summed E-state index contributed by atoms with van der Waals surface area (Å²) in [5, 5.41) is 8.35.